The molecule has 0 bridgehead atoms. The second-order valence-electron chi connectivity index (χ2n) is 6.91. The maximum atomic E-state index is 13.4. The van der Waals surface area contributed by atoms with Gasteiger partial charge < -0.3 is 10.1 Å². The van der Waals surface area contributed by atoms with Crippen molar-refractivity contribution in [3.8, 4) is 16.9 Å². The van der Waals surface area contributed by atoms with Crippen LogP contribution in [0.2, 0.25) is 0 Å². The molecule has 0 saturated carbocycles. The van der Waals surface area contributed by atoms with Gasteiger partial charge >= 0.3 is 0 Å². The number of halogens is 1. The van der Waals surface area contributed by atoms with Gasteiger partial charge in [-0.15, -0.1) is 11.3 Å². The fourth-order valence-corrected chi connectivity index (χ4v) is 4.65. The molecule has 4 rings (SSSR count). The lowest BCUT2D eigenvalue weighted by atomic mass is 10.1. The van der Waals surface area contributed by atoms with Gasteiger partial charge in [-0.05, 0) is 36.2 Å². The van der Waals surface area contributed by atoms with E-state index in [1.54, 1.807) is 19.2 Å². The van der Waals surface area contributed by atoms with Crippen molar-refractivity contribution in [1.82, 2.24) is 9.55 Å². The van der Waals surface area contributed by atoms with Crippen LogP contribution in [-0.2, 0) is 4.79 Å². The molecule has 0 aliphatic heterocycles. The molecule has 1 amide bonds. The topological polar surface area (TPSA) is 73.2 Å². The second-order valence-corrected chi connectivity index (χ2v) is 8.68. The Hall–Kier alpha value is -2.97. The van der Waals surface area contributed by atoms with Crippen molar-refractivity contribution < 1.29 is 9.53 Å². The van der Waals surface area contributed by atoms with Crippen LogP contribution in [-0.4, -0.2) is 22.6 Å². The summed E-state index contributed by atoms with van der Waals surface area (Å²) in [6, 6.07) is 14.2. The van der Waals surface area contributed by atoms with E-state index in [0.29, 0.717) is 28.1 Å². The summed E-state index contributed by atoms with van der Waals surface area (Å²) in [5.74, 6) is 0.262. The van der Waals surface area contributed by atoms with Gasteiger partial charge in [0.15, 0.2) is 0 Å². The number of hydrogen-bond acceptors (Lipinski definition) is 5. The van der Waals surface area contributed by atoms with E-state index >= 15 is 0 Å². The Kier molecular flexibility index (Phi) is 6.20. The molecule has 0 aliphatic rings. The molecule has 2 aromatic heterocycles. The summed E-state index contributed by atoms with van der Waals surface area (Å²) in [6.07, 6.45) is 1.90. The predicted octanol–water partition coefficient (Wildman–Crippen LogP) is 5.49. The predicted molar refractivity (Wildman–Crippen MR) is 128 cm³/mol. The molecule has 0 saturated heterocycles. The quantitative estimate of drug-likeness (QED) is 0.382. The zero-order valence-corrected chi connectivity index (χ0v) is 19.4. The van der Waals surface area contributed by atoms with Crippen molar-refractivity contribution in [3.63, 3.8) is 0 Å². The molecule has 0 spiro atoms. The number of para-hydroxylation sites is 2. The molecular formula is C23H20BrN3O3S. The molecule has 0 fully saturated rings. The molecule has 6 nitrogen and oxygen atoms in total. The summed E-state index contributed by atoms with van der Waals surface area (Å²) in [5, 5.41) is 5.34. The Morgan fingerprint density at radius 2 is 1.97 bits per heavy atom. The highest BCUT2D eigenvalue weighted by Crippen LogP contribution is 2.32. The molecule has 0 aliphatic carbocycles. The third-order valence-electron chi connectivity index (χ3n) is 5.06. The maximum absolute atomic E-state index is 13.4. The van der Waals surface area contributed by atoms with Crippen molar-refractivity contribution in [2.45, 2.75) is 19.4 Å². The lowest BCUT2D eigenvalue weighted by Crippen LogP contribution is -2.33. The minimum absolute atomic E-state index is 0.230. The first-order valence-corrected chi connectivity index (χ1v) is 11.4. The molecule has 31 heavy (non-hydrogen) atoms. The normalized spacial score (nSPS) is 12.0. The van der Waals surface area contributed by atoms with Crippen molar-refractivity contribution in [2.24, 2.45) is 0 Å². The fraction of sp³-hybridized carbons (Fsp3) is 0.174. The molecule has 1 unspecified atom stereocenters. The summed E-state index contributed by atoms with van der Waals surface area (Å²) in [4.78, 5) is 31.6. The van der Waals surface area contributed by atoms with Crippen LogP contribution in [0, 0.1) is 0 Å². The van der Waals surface area contributed by atoms with Crippen molar-refractivity contribution in [3.05, 3.63) is 75.1 Å². The molecule has 1 N–H and O–H groups in total. The summed E-state index contributed by atoms with van der Waals surface area (Å²) >= 11 is 4.86. The number of hydrogen-bond donors (Lipinski definition) is 1. The van der Waals surface area contributed by atoms with E-state index in [9.17, 15) is 9.59 Å². The van der Waals surface area contributed by atoms with Crippen molar-refractivity contribution in [2.75, 3.05) is 12.4 Å². The van der Waals surface area contributed by atoms with Crippen LogP contribution in [0.1, 0.15) is 19.4 Å². The zero-order valence-electron chi connectivity index (χ0n) is 17.0. The van der Waals surface area contributed by atoms with Crippen LogP contribution in [0.25, 0.3) is 21.3 Å². The molecule has 2 heterocycles. The molecule has 0 radical (unpaired) electrons. The Labute approximate surface area is 191 Å². The average Bonchev–Trinajstić information content (AvgIpc) is 3.21. The molecule has 8 heteroatoms. The van der Waals surface area contributed by atoms with Gasteiger partial charge in [-0.25, -0.2) is 4.98 Å². The van der Waals surface area contributed by atoms with Gasteiger partial charge in [0, 0.05) is 15.4 Å². The van der Waals surface area contributed by atoms with E-state index < -0.39 is 6.04 Å². The first kappa shape index (κ1) is 21.3. The van der Waals surface area contributed by atoms with E-state index in [-0.39, 0.29) is 11.5 Å². The highest BCUT2D eigenvalue weighted by molar-refractivity contribution is 9.10. The van der Waals surface area contributed by atoms with Gasteiger partial charge in [0.05, 0.1) is 24.5 Å². The van der Waals surface area contributed by atoms with Gasteiger partial charge in [-0.3, -0.25) is 14.2 Å². The van der Waals surface area contributed by atoms with Gasteiger partial charge in [-0.1, -0.05) is 47.1 Å². The number of benzene rings is 2. The number of carbonyl (C=O) groups excluding carboxylic acids is 1. The number of thiophene rings is 1. The second kappa shape index (κ2) is 9.03. The molecule has 4 aromatic rings. The van der Waals surface area contributed by atoms with E-state index in [1.165, 1.54) is 22.2 Å². The minimum atomic E-state index is -0.702. The average molecular weight is 498 g/mol. The monoisotopic (exact) mass is 497 g/mol. The smallest absolute Gasteiger partial charge is 0.263 e. The van der Waals surface area contributed by atoms with Crippen LogP contribution in [0.3, 0.4) is 0 Å². The van der Waals surface area contributed by atoms with E-state index in [4.69, 9.17) is 4.74 Å². The number of ether oxygens (including phenoxy) is 1. The molecular weight excluding hydrogens is 478 g/mol. The van der Waals surface area contributed by atoms with Crippen LogP contribution < -0.4 is 15.6 Å². The maximum Gasteiger partial charge on any atom is 0.263 e. The van der Waals surface area contributed by atoms with E-state index in [1.807, 2.05) is 48.7 Å². The number of fused-ring (bicyclic) bond motifs is 1. The number of aromatic nitrogens is 2. The first-order valence-electron chi connectivity index (χ1n) is 9.71. The van der Waals surface area contributed by atoms with E-state index in [2.05, 4.69) is 26.2 Å². The number of nitrogens with zero attached hydrogens (tertiary/aromatic N) is 2. The highest BCUT2D eigenvalue weighted by Gasteiger charge is 2.23. The van der Waals surface area contributed by atoms with Gasteiger partial charge in [0.25, 0.3) is 5.56 Å². The number of anilines is 1. The lowest BCUT2D eigenvalue weighted by molar-refractivity contribution is -0.119. The van der Waals surface area contributed by atoms with Crippen molar-refractivity contribution in [1.29, 1.82) is 0 Å². The number of nitrogens with one attached hydrogen (secondary N) is 1. The first-order chi connectivity index (χ1) is 15.0. The third-order valence-corrected chi connectivity index (χ3v) is 6.48. The zero-order chi connectivity index (χ0) is 22.0. The standard InChI is InChI=1S/C23H20BrN3O3S/c1-3-18(21(28)26-17-6-4-5-7-19(17)30-2)27-13-25-22-20(23(27)29)16(12-31-22)14-8-10-15(24)11-9-14/h4-13,18H,3H2,1-2H3,(H,26,28). The molecule has 2 aromatic carbocycles. The largest absolute Gasteiger partial charge is 0.495 e. The fourth-order valence-electron chi connectivity index (χ4n) is 3.48. The summed E-state index contributed by atoms with van der Waals surface area (Å²) in [7, 11) is 1.55. The van der Waals surface area contributed by atoms with Crippen LogP contribution >= 0.6 is 27.3 Å². The lowest BCUT2D eigenvalue weighted by Gasteiger charge is -2.18. The molecule has 1 atom stereocenters. The van der Waals surface area contributed by atoms with E-state index in [0.717, 1.165) is 15.6 Å². The van der Waals surface area contributed by atoms with Gasteiger partial charge in [0.2, 0.25) is 5.91 Å². The number of amides is 1. The Bertz CT molecular complexity index is 1300. The summed E-state index contributed by atoms with van der Waals surface area (Å²) in [5.41, 5.74) is 2.07. The number of carbonyl (C=O) groups is 1. The van der Waals surface area contributed by atoms with Gasteiger partial charge in [0.1, 0.15) is 16.6 Å². The van der Waals surface area contributed by atoms with Crippen molar-refractivity contribution >= 4 is 49.1 Å². The number of rotatable bonds is 6. The highest BCUT2D eigenvalue weighted by atomic mass is 79.9. The van der Waals surface area contributed by atoms with Gasteiger partial charge in [-0.2, -0.15) is 0 Å². The van der Waals surface area contributed by atoms with Crippen LogP contribution in [0.15, 0.2) is 69.5 Å². The van der Waals surface area contributed by atoms with Crippen LogP contribution in [0.4, 0.5) is 5.69 Å². The summed E-state index contributed by atoms with van der Waals surface area (Å²) < 4.78 is 7.69. The minimum Gasteiger partial charge on any atom is -0.495 e. The summed E-state index contributed by atoms with van der Waals surface area (Å²) in [6.45, 7) is 1.87. The Morgan fingerprint density at radius 1 is 1.23 bits per heavy atom. The number of methoxy groups -OCH3 is 1. The Morgan fingerprint density at radius 3 is 2.68 bits per heavy atom. The third kappa shape index (κ3) is 4.13. The Balaban J connectivity index is 1.74. The molecule has 158 valence electrons. The van der Waals surface area contributed by atoms with Crippen LogP contribution in [0.5, 0.6) is 5.75 Å². The SMILES string of the molecule is CCC(C(=O)Nc1ccccc1OC)n1cnc2scc(-c3ccc(Br)cc3)c2c1=O.